The van der Waals surface area contributed by atoms with Gasteiger partial charge in [-0.1, -0.05) is 51.9 Å². The van der Waals surface area contributed by atoms with Gasteiger partial charge in [0.1, 0.15) is 13.2 Å². The number of para-hydroxylation sites is 1. The van der Waals surface area contributed by atoms with Crippen LogP contribution in [0.1, 0.15) is 83.4 Å². The number of ether oxygens (including phenoxy) is 4. The second-order valence-electron chi connectivity index (χ2n) is 16.7. The highest BCUT2D eigenvalue weighted by Gasteiger charge is 2.39. The lowest BCUT2D eigenvalue weighted by Crippen LogP contribution is -2.37. The zero-order valence-electron chi connectivity index (χ0n) is 35.9. The number of benzene rings is 4. The van der Waals surface area contributed by atoms with E-state index in [-0.39, 0.29) is 47.8 Å². The fraction of sp³-hybridized carbons (Fsp3) is 0.327. The lowest BCUT2D eigenvalue weighted by Gasteiger charge is -2.25. The molecule has 0 unspecified atom stereocenters. The summed E-state index contributed by atoms with van der Waals surface area (Å²) in [6, 6.07) is 20.2. The van der Waals surface area contributed by atoms with Crippen LogP contribution in [0.15, 0.2) is 100 Å². The summed E-state index contributed by atoms with van der Waals surface area (Å²) in [6.45, 7) is 4.49. The van der Waals surface area contributed by atoms with Crippen LogP contribution in [0, 0.1) is 0 Å². The zero-order valence-corrected chi connectivity index (χ0v) is 37.6. The number of allylic oxidation sites excluding steroid dienone is 3. The number of anilines is 2. The predicted octanol–water partition coefficient (Wildman–Crippen LogP) is 10.2. The molecule has 3 amide bonds. The number of nitrogens with one attached hydrogen (secondary N) is 1. The molecule has 4 heterocycles. The van der Waals surface area contributed by atoms with Crippen LogP contribution in [0.3, 0.4) is 0 Å². The van der Waals surface area contributed by atoms with Crippen molar-refractivity contribution in [2.45, 2.75) is 82.4 Å². The summed E-state index contributed by atoms with van der Waals surface area (Å²) >= 11 is 0. The van der Waals surface area contributed by atoms with Crippen molar-refractivity contribution < 1.29 is 33.3 Å². The summed E-state index contributed by atoms with van der Waals surface area (Å²) in [5.41, 5.74) is 8.26. The van der Waals surface area contributed by atoms with E-state index in [4.69, 9.17) is 28.9 Å². The standard InChI is InChI=1S/C49H49N5O7S2/c1-49(2,63-62-5)15-14-46(55)52-33-17-29(27-60-44-23-38-36(21-42(44)58-3)47(56)53-34(25-50-38)19-31-10-6-8-12-40(31)53)16-30(18-33)28-61-45-24-39-37(22-43(45)59-4)48(57)54-35(26-51-39)20-32-11-7-9-13-41(32)54/h6-8,10-12,16-18,21-26,34-35H,9,13-15,19-20,27-28H2,1-5H3,(H,52,55)/t34-,35-/m0/s1. The molecule has 63 heavy (non-hydrogen) atoms. The highest BCUT2D eigenvalue weighted by molar-refractivity contribution is 8.76. The Morgan fingerprint density at radius 1 is 0.810 bits per heavy atom. The highest BCUT2D eigenvalue weighted by Crippen LogP contribution is 2.44. The van der Waals surface area contributed by atoms with Crippen molar-refractivity contribution in [2.75, 3.05) is 30.7 Å². The highest BCUT2D eigenvalue weighted by atomic mass is 33.1. The Labute approximate surface area is 375 Å². The molecule has 0 saturated carbocycles. The molecular formula is C49H49N5O7S2. The largest absolute Gasteiger partial charge is 0.493 e. The smallest absolute Gasteiger partial charge is 0.261 e. The number of nitrogens with zero attached hydrogens (tertiary/aromatic N) is 4. The minimum Gasteiger partial charge on any atom is -0.493 e. The molecular weight excluding hydrogens is 835 g/mol. The molecule has 0 fully saturated rings. The normalized spacial score (nSPS) is 18.2. The van der Waals surface area contributed by atoms with Gasteiger partial charge in [0.05, 0.1) is 48.8 Å². The van der Waals surface area contributed by atoms with Crippen LogP contribution in [-0.4, -0.2) is 72.4 Å². The minimum atomic E-state index is -0.189. The fourth-order valence-electron chi connectivity index (χ4n) is 8.89. The molecule has 0 aromatic heterocycles. The maximum Gasteiger partial charge on any atom is 0.261 e. The Morgan fingerprint density at radius 3 is 2.06 bits per heavy atom. The van der Waals surface area contributed by atoms with Gasteiger partial charge >= 0.3 is 0 Å². The first kappa shape index (κ1) is 42.3. The van der Waals surface area contributed by atoms with E-state index in [0.29, 0.717) is 70.4 Å². The summed E-state index contributed by atoms with van der Waals surface area (Å²) in [4.78, 5) is 54.6. The van der Waals surface area contributed by atoms with Crippen molar-refractivity contribution in [3.63, 3.8) is 0 Å². The molecule has 12 nitrogen and oxygen atoms in total. The van der Waals surface area contributed by atoms with Crippen molar-refractivity contribution >= 4 is 74.5 Å². The van der Waals surface area contributed by atoms with Crippen LogP contribution in [0.25, 0.3) is 0 Å². The molecule has 1 N–H and O–H groups in total. The molecule has 0 bridgehead atoms. The lowest BCUT2D eigenvalue weighted by atomic mass is 10.0. The van der Waals surface area contributed by atoms with Gasteiger partial charge < -0.3 is 29.2 Å². The van der Waals surface area contributed by atoms with Crippen LogP contribution < -0.4 is 29.2 Å². The molecule has 5 aliphatic rings. The number of carbonyl (C=O) groups excluding carboxylic acids is 3. The SMILES string of the molecule is COc1cc2c(cc1OCc1cc(COc3cc4c(cc3OC)C(=O)N3c5ccccc5C[C@H]3C=N4)cc(NC(=O)CCC(C)(C)SSC)c1)N=C[C@@H]1CC3=C(CCC=C3)N1C2=O. The first-order chi connectivity index (χ1) is 30.5. The third kappa shape index (κ3) is 8.58. The summed E-state index contributed by atoms with van der Waals surface area (Å²) < 4.78 is 24.3. The van der Waals surface area contributed by atoms with Gasteiger partial charge in [-0.25, -0.2) is 0 Å². The average Bonchev–Trinajstić information content (AvgIpc) is 3.77. The summed E-state index contributed by atoms with van der Waals surface area (Å²) in [5.74, 6) is 1.30. The molecule has 4 aliphatic heterocycles. The maximum atomic E-state index is 14.0. The van der Waals surface area contributed by atoms with Gasteiger partial charge in [0.2, 0.25) is 5.91 Å². The van der Waals surface area contributed by atoms with Gasteiger partial charge in [-0.05, 0) is 98.0 Å². The molecule has 0 radical (unpaired) electrons. The van der Waals surface area contributed by atoms with E-state index in [1.807, 2.05) is 66.0 Å². The van der Waals surface area contributed by atoms with E-state index in [0.717, 1.165) is 47.3 Å². The fourth-order valence-corrected chi connectivity index (χ4v) is 11.1. The second kappa shape index (κ2) is 17.6. The van der Waals surface area contributed by atoms with Gasteiger partial charge in [-0.2, -0.15) is 0 Å². The van der Waals surface area contributed by atoms with Crippen molar-refractivity contribution in [3.8, 4) is 23.0 Å². The molecule has 4 aromatic carbocycles. The van der Waals surface area contributed by atoms with E-state index in [1.165, 1.54) is 5.57 Å². The number of aliphatic imine (C=N–C) groups is 2. The summed E-state index contributed by atoms with van der Waals surface area (Å²) in [7, 11) is 6.53. The monoisotopic (exact) mass is 883 g/mol. The van der Waals surface area contributed by atoms with E-state index < -0.39 is 0 Å². The van der Waals surface area contributed by atoms with Crippen molar-refractivity contribution in [2.24, 2.45) is 9.98 Å². The minimum absolute atomic E-state index is 0.0705. The zero-order chi connectivity index (χ0) is 43.8. The van der Waals surface area contributed by atoms with Crippen molar-refractivity contribution in [1.82, 2.24) is 4.90 Å². The second-order valence-corrected chi connectivity index (χ2v) is 19.8. The van der Waals surface area contributed by atoms with E-state index >= 15 is 0 Å². The number of amides is 3. The average molecular weight is 884 g/mol. The van der Waals surface area contributed by atoms with E-state index in [2.05, 4.69) is 31.3 Å². The number of rotatable bonds is 14. The number of methoxy groups -OCH3 is 2. The first-order valence-electron chi connectivity index (χ1n) is 21.1. The Kier molecular flexibility index (Phi) is 11.9. The predicted molar refractivity (Wildman–Crippen MR) is 251 cm³/mol. The van der Waals surface area contributed by atoms with Crippen LogP contribution in [-0.2, 0) is 24.4 Å². The van der Waals surface area contributed by atoms with Crippen LogP contribution in [0.5, 0.6) is 23.0 Å². The van der Waals surface area contributed by atoms with Crippen molar-refractivity contribution in [3.05, 3.63) is 118 Å². The summed E-state index contributed by atoms with van der Waals surface area (Å²) in [5, 5.41) is 3.10. The molecule has 324 valence electrons. The molecule has 1 aliphatic carbocycles. The van der Waals surface area contributed by atoms with Crippen molar-refractivity contribution in [1.29, 1.82) is 0 Å². The Balaban J connectivity index is 0.969. The molecule has 9 rings (SSSR count). The molecule has 2 atom stereocenters. The topological polar surface area (TPSA) is 131 Å². The number of hydrogen-bond donors (Lipinski definition) is 1. The van der Waals surface area contributed by atoms with Gasteiger partial charge in [0.15, 0.2) is 23.0 Å². The Bertz CT molecular complexity index is 2640. The quantitative estimate of drug-likeness (QED) is 0.123. The number of hydrogen-bond acceptors (Lipinski definition) is 11. The Morgan fingerprint density at radius 2 is 1.43 bits per heavy atom. The van der Waals surface area contributed by atoms with Crippen LogP contribution in [0.2, 0.25) is 0 Å². The van der Waals surface area contributed by atoms with Gasteiger partial charge in [-0.3, -0.25) is 29.3 Å². The maximum absolute atomic E-state index is 14.0. The molecule has 0 spiro atoms. The van der Waals surface area contributed by atoms with Crippen LogP contribution in [0.4, 0.5) is 22.7 Å². The third-order valence-electron chi connectivity index (χ3n) is 11.9. The molecule has 4 aromatic rings. The van der Waals surface area contributed by atoms with Crippen LogP contribution >= 0.6 is 21.6 Å². The molecule has 0 saturated heterocycles. The van der Waals surface area contributed by atoms with Gasteiger partial charge in [0, 0.05) is 65.6 Å². The van der Waals surface area contributed by atoms with E-state index in [1.54, 1.807) is 65.0 Å². The number of fused-ring (bicyclic) bond motifs is 7. The first-order valence-corrected chi connectivity index (χ1v) is 23.6. The Hall–Kier alpha value is -5.99. The van der Waals surface area contributed by atoms with Gasteiger partial charge in [-0.15, -0.1) is 0 Å². The third-order valence-corrected chi connectivity index (χ3v) is 14.6. The summed E-state index contributed by atoms with van der Waals surface area (Å²) in [6.07, 6.45) is 14.2. The lowest BCUT2D eigenvalue weighted by molar-refractivity contribution is -0.116. The molecule has 14 heteroatoms. The number of carbonyl (C=O) groups is 3. The van der Waals surface area contributed by atoms with Gasteiger partial charge in [0.25, 0.3) is 11.8 Å². The van der Waals surface area contributed by atoms with E-state index in [9.17, 15) is 14.4 Å².